The molecule has 2 rings (SSSR count). The van der Waals surface area contributed by atoms with Crippen LogP contribution in [0.2, 0.25) is 0 Å². The average Bonchev–Trinajstić information content (AvgIpc) is 2.85. The highest BCUT2D eigenvalue weighted by Gasteiger charge is 2.25. The summed E-state index contributed by atoms with van der Waals surface area (Å²) in [5, 5.41) is 8.85. The largest absolute Gasteiger partial charge is 0.496 e. The first-order valence-electron chi connectivity index (χ1n) is 7.11. The SMILES string of the molecule is COc1ccc(C(C)=O)cc1CN1CCC(CC(=O)O)C1. The number of carboxylic acid groups (broad SMARTS) is 1. The highest BCUT2D eigenvalue weighted by Crippen LogP contribution is 2.26. The first kappa shape index (κ1) is 15.5. The minimum absolute atomic E-state index is 0.0316. The molecule has 21 heavy (non-hydrogen) atoms. The zero-order valence-electron chi connectivity index (χ0n) is 12.5. The topological polar surface area (TPSA) is 66.8 Å². The number of Topliss-reactive ketones (excluding diaryl/α,β-unsaturated/α-hetero) is 1. The lowest BCUT2D eigenvalue weighted by atomic mass is 10.1. The van der Waals surface area contributed by atoms with Crippen molar-refractivity contribution in [1.29, 1.82) is 0 Å². The van der Waals surface area contributed by atoms with Gasteiger partial charge in [0.15, 0.2) is 5.78 Å². The molecular weight excluding hydrogens is 270 g/mol. The van der Waals surface area contributed by atoms with Gasteiger partial charge in [0.2, 0.25) is 0 Å². The van der Waals surface area contributed by atoms with Crippen molar-refractivity contribution < 1.29 is 19.4 Å². The van der Waals surface area contributed by atoms with E-state index >= 15 is 0 Å². The van der Waals surface area contributed by atoms with E-state index in [2.05, 4.69) is 4.90 Å². The van der Waals surface area contributed by atoms with Gasteiger partial charge in [-0.05, 0) is 44.0 Å². The number of benzene rings is 1. The third kappa shape index (κ3) is 4.04. The van der Waals surface area contributed by atoms with Gasteiger partial charge in [-0.25, -0.2) is 0 Å². The van der Waals surface area contributed by atoms with Gasteiger partial charge in [0.05, 0.1) is 7.11 Å². The second kappa shape index (κ2) is 6.72. The zero-order valence-corrected chi connectivity index (χ0v) is 12.5. The van der Waals surface area contributed by atoms with Gasteiger partial charge >= 0.3 is 5.97 Å². The maximum atomic E-state index is 11.5. The summed E-state index contributed by atoms with van der Waals surface area (Å²) in [6.45, 7) is 3.88. The van der Waals surface area contributed by atoms with Crippen molar-refractivity contribution in [1.82, 2.24) is 4.90 Å². The molecule has 0 amide bonds. The van der Waals surface area contributed by atoms with Crippen LogP contribution in [0, 0.1) is 5.92 Å². The molecule has 1 atom stereocenters. The smallest absolute Gasteiger partial charge is 0.303 e. The summed E-state index contributed by atoms with van der Waals surface area (Å²) in [7, 11) is 1.61. The molecular formula is C16H21NO4. The highest BCUT2D eigenvalue weighted by atomic mass is 16.5. The monoisotopic (exact) mass is 291 g/mol. The Morgan fingerprint density at radius 1 is 1.43 bits per heavy atom. The minimum atomic E-state index is -0.738. The number of carbonyl (C=O) groups excluding carboxylic acids is 1. The van der Waals surface area contributed by atoms with Gasteiger partial charge in [-0.2, -0.15) is 0 Å². The summed E-state index contributed by atoms with van der Waals surface area (Å²) in [4.78, 5) is 24.5. The highest BCUT2D eigenvalue weighted by molar-refractivity contribution is 5.94. The van der Waals surface area contributed by atoms with Crippen LogP contribution in [-0.2, 0) is 11.3 Å². The Bertz CT molecular complexity index is 541. The van der Waals surface area contributed by atoms with Crippen LogP contribution in [0.3, 0.4) is 0 Å². The van der Waals surface area contributed by atoms with Crippen molar-refractivity contribution in [2.75, 3.05) is 20.2 Å². The van der Waals surface area contributed by atoms with Crippen molar-refractivity contribution in [3.63, 3.8) is 0 Å². The molecule has 1 fully saturated rings. The first-order chi connectivity index (χ1) is 9.99. The van der Waals surface area contributed by atoms with Crippen LogP contribution in [0.1, 0.15) is 35.7 Å². The van der Waals surface area contributed by atoms with E-state index in [1.54, 1.807) is 20.1 Å². The van der Waals surface area contributed by atoms with E-state index in [0.29, 0.717) is 12.1 Å². The van der Waals surface area contributed by atoms with Crippen LogP contribution in [0.15, 0.2) is 18.2 Å². The van der Waals surface area contributed by atoms with E-state index in [1.807, 2.05) is 12.1 Å². The third-order valence-corrected chi connectivity index (χ3v) is 3.91. The Morgan fingerprint density at radius 2 is 2.19 bits per heavy atom. The molecule has 1 saturated heterocycles. The van der Waals surface area contributed by atoms with Crippen LogP contribution in [0.5, 0.6) is 5.75 Å². The van der Waals surface area contributed by atoms with Crippen molar-refractivity contribution in [3.8, 4) is 5.75 Å². The number of hydrogen-bond donors (Lipinski definition) is 1. The second-order valence-corrected chi connectivity index (χ2v) is 5.57. The Kier molecular flexibility index (Phi) is 4.96. The van der Waals surface area contributed by atoms with E-state index in [0.717, 1.165) is 30.8 Å². The van der Waals surface area contributed by atoms with Gasteiger partial charge in [0, 0.05) is 30.6 Å². The van der Waals surface area contributed by atoms with Gasteiger partial charge in [-0.1, -0.05) is 0 Å². The fourth-order valence-corrected chi connectivity index (χ4v) is 2.83. The van der Waals surface area contributed by atoms with Crippen LogP contribution < -0.4 is 4.74 Å². The standard InChI is InChI=1S/C16H21NO4/c1-11(18)13-3-4-15(21-2)14(8-13)10-17-6-5-12(9-17)7-16(19)20/h3-4,8,12H,5-7,9-10H2,1-2H3,(H,19,20). The van der Waals surface area contributed by atoms with Crippen molar-refractivity contribution in [3.05, 3.63) is 29.3 Å². The lowest BCUT2D eigenvalue weighted by Gasteiger charge is -2.18. The van der Waals surface area contributed by atoms with E-state index in [9.17, 15) is 9.59 Å². The van der Waals surface area contributed by atoms with E-state index in [4.69, 9.17) is 9.84 Å². The van der Waals surface area contributed by atoms with Gasteiger partial charge in [-0.3, -0.25) is 14.5 Å². The third-order valence-electron chi connectivity index (χ3n) is 3.91. The maximum absolute atomic E-state index is 11.5. The summed E-state index contributed by atoms with van der Waals surface area (Å²) < 4.78 is 5.35. The molecule has 0 aliphatic carbocycles. The molecule has 1 aliphatic heterocycles. The van der Waals surface area contributed by atoms with E-state index in [-0.39, 0.29) is 18.1 Å². The molecule has 1 aromatic carbocycles. The molecule has 114 valence electrons. The number of carbonyl (C=O) groups is 2. The Labute approximate surface area is 124 Å². The lowest BCUT2D eigenvalue weighted by molar-refractivity contribution is -0.138. The number of nitrogens with zero attached hydrogens (tertiary/aromatic N) is 1. The predicted molar refractivity (Wildman–Crippen MR) is 78.6 cm³/mol. The van der Waals surface area contributed by atoms with Gasteiger partial charge in [0.1, 0.15) is 5.75 Å². The number of carboxylic acids is 1. The molecule has 0 aromatic heterocycles. The fourth-order valence-electron chi connectivity index (χ4n) is 2.83. The van der Waals surface area contributed by atoms with Crippen LogP contribution >= 0.6 is 0 Å². The summed E-state index contributed by atoms with van der Waals surface area (Å²) in [6.07, 6.45) is 1.13. The molecule has 1 aromatic rings. The number of rotatable bonds is 6. The predicted octanol–water partition coefficient (Wildman–Crippen LogP) is 2.19. The molecule has 1 unspecified atom stereocenters. The number of ketones is 1. The molecule has 1 N–H and O–H groups in total. The Hall–Kier alpha value is -1.88. The lowest BCUT2D eigenvalue weighted by Crippen LogP contribution is -2.21. The van der Waals surface area contributed by atoms with Crippen molar-refractivity contribution in [2.24, 2.45) is 5.92 Å². The summed E-state index contributed by atoms with van der Waals surface area (Å²) in [5.41, 5.74) is 1.65. The average molecular weight is 291 g/mol. The normalized spacial score (nSPS) is 18.7. The fraction of sp³-hybridized carbons (Fsp3) is 0.500. The van der Waals surface area contributed by atoms with E-state index < -0.39 is 5.97 Å². The number of likely N-dealkylation sites (tertiary alicyclic amines) is 1. The van der Waals surface area contributed by atoms with Gasteiger partial charge in [-0.15, -0.1) is 0 Å². The molecule has 0 radical (unpaired) electrons. The summed E-state index contributed by atoms with van der Waals surface area (Å²) >= 11 is 0. The Morgan fingerprint density at radius 3 is 2.81 bits per heavy atom. The molecule has 5 heteroatoms. The van der Waals surface area contributed by atoms with Crippen LogP contribution in [-0.4, -0.2) is 42.0 Å². The quantitative estimate of drug-likeness (QED) is 0.814. The molecule has 5 nitrogen and oxygen atoms in total. The molecule has 0 saturated carbocycles. The number of aliphatic carboxylic acids is 1. The van der Waals surface area contributed by atoms with E-state index in [1.165, 1.54) is 0 Å². The summed E-state index contributed by atoms with van der Waals surface area (Å²) in [6, 6.07) is 5.45. The van der Waals surface area contributed by atoms with Crippen LogP contribution in [0.4, 0.5) is 0 Å². The van der Waals surface area contributed by atoms with Crippen molar-refractivity contribution in [2.45, 2.75) is 26.3 Å². The Balaban J connectivity index is 2.07. The molecule has 1 heterocycles. The molecule has 0 bridgehead atoms. The van der Waals surface area contributed by atoms with Crippen molar-refractivity contribution >= 4 is 11.8 Å². The molecule has 1 aliphatic rings. The zero-order chi connectivity index (χ0) is 15.4. The summed E-state index contributed by atoms with van der Waals surface area (Å²) in [5.74, 6) is 0.272. The van der Waals surface area contributed by atoms with Gasteiger partial charge < -0.3 is 9.84 Å². The number of methoxy groups -OCH3 is 1. The second-order valence-electron chi connectivity index (χ2n) is 5.57. The van der Waals surface area contributed by atoms with Gasteiger partial charge in [0.25, 0.3) is 0 Å². The minimum Gasteiger partial charge on any atom is -0.496 e. The number of ether oxygens (including phenoxy) is 1. The number of hydrogen-bond acceptors (Lipinski definition) is 4. The first-order valence-corrected chi connectivity index (χ1v) is 7.11. The van der Waals surface area contributed by atoms with Crippen LogP contribution in [0.25, 0.3) is 0 Å². The maximum Gasteiger partial charge on any atom is 0.303 e. The molecule has 0 spiro atoms.